The summed E-state index contributed by atoms with van der Waals surface area (Å²) < 4.78 is 0. The fraction of sp³-hybridized carbons (Fsp3) is 0.556. The first-order chi connectivity index (χ1) is 6.47. The minimum atomic E-state index is -0.0582. The first kappa shape index (κ1) is 11.3. The third kappa shape index (κ3) is 2.59. The zero-order valence-corrected chi connectivity index (χ0v) is 9.77. The molecule has 14 heavy (non-hydrogen) atoms. The van der Waals surface area contributed by atoms with Gasteiger partial charge in [-0.15, -0.1) is 11.8 Å². The SMILES string of the molecule is CSc1cc(NN)nc(C(C)(C)C)n1. The van der Waals surface area contributed by atoms with Gasteiger partial charge in [0, 0.05) is 11.5 Å². The molecule has 0 amide bonds. The zero-order valence-electron chi connectivity index (χ0n) is 8.96. The van der Waals surface area contributed by atoms with Crippen molar-refractivity contribution in [2.45, 2.75) is 31.2 Å². The van der Waals surface area contributed by atoms with E-state index >= 15 is 0 Å². The summed E-state index contributed by atoms with van der Waals surface area (Å²) in [5, 5.41) is 0.929. The Kier molecular flexibility index (Phi) is 3.34. The molecular weight excluding hydrogens is 196 g/mol. The van der Waals surface area contributed by atoms with Crippen LogP contribution in [0.2, 0.25) is 0 Å². The van der Waals surface area contributed by atoms with Gasteiger partial charge in [-0.1, -0.05) is 20.8 Å². The summed E-state index contributed by atoms with van der Waals surface area (Å²) in [5.41, 5.74) is 2.49. The van der Waals surface area contributed by atoms with Crippen molar-refractivity contribution in [1.82, 2.24) is 9.97 Å². The van der Waals surface area contributed by atoms with Gasteiger partial charge in [-0.25, -0.2) is 15.8 Å². The largest absolute Gasteiger partial charge is 0.308 e. The number of aromatic nitrogens is 2. The average molecular weight is 212 g/mol. The minimum absolute atomic E-state index is 0.0582. The number of anilines is 1. The quantitative estimate of drug-likeness (QED) is 0.338. The third-order valence-corrected chi connectivity index (χ3v) is 2.36. The molecule has 0 saturated carbocycles. The first-order valence-corrected chi connectivity index (χ1v) is 5.60. The van der Waals surface area contributed by atoms with E-state index in [0.717, 1.165) is 10.9 Å². The lowest BCUT2D eigenvalue weighted by molar-refractivity contribution is 0.539. The van der Waals surface area contributed by atoms with E-state index in [9.17, 15) is 0 Å². The molecule has 0 unspecified atom stereocenters. The molecule has 0 bridgehead atoms. The van der Waals surface area contributed by atoms with Gasteiger partial charge >= 0.3 is 0 Å². The number of nitrogens with one attached hydrogen (secondary N) is 1. The van der Waals surface area contributed by atoms with Crippen molar-refractivity contribution in [3.63, 3.8) is 0 Å². The standard InChI is InChI=1S/C9H16N4S/c1-9(2,3)8-11-6(13-10)5-7(12-8)14-4/h5H,10H2,1-4H3,(H,11,12,13). The molecule has 0 saturated heterocycles. The fourth-order valence-corrected chi connectivity index (χ4v) is 1.35. The maximum atomic E-state index is 5.34. The maximum Gasteiger partial charge on any atom is 0.144 e. The van der Waals surface area contributed by atoms with Crippen LogP contribution in [-0.2, 0) is 5.41 Å². The lowest BCUT2D eigenvalue weighted by Crippen LogP contribution is -2.19. The molecule has 78 valence electrons. The van der Waals surface area contributed by atoms with Gasteiger partial charge in [-0.2, -0.15) is 0 Å². The van der Waals surface area contributed by atoms with Gasteiger partial charge < -0.3 is 5.43 Å². The van der Waals surface area contributed by atoms with E-state index in [1.807, 2.05) is 12.3 Å². The molecule has 0 spiro atoms. The van der Waals surface area contributed by atoms with Crippen LogP contribution in [0.1, 0.15) is 26.6 Å². The maximum absolute atomic E-state index is 5.34. The third-order valence-electron chi connectivity index (χ3n) is 1.73. The van der Waals surface area contributed by atoms with Crippen molar-refractivity contribution in [3.05, 3.63) is 11.9 Å². The highest BCUT2D eigenvalue weighted by Gasteiger charge is 2.18. The van der Waals surface area contributed by atoms with Crippen LogP contribution >= 0.6 is 11.8 Å². The summed E-state index contributed by atoms with van der Waals surface area (Å²) in [4.78, 5) is 8.74. The van der Waals surface area contributed by atoms with Crippen LogP contribution in [0.5, 0.6) is 0 Å². The molecule has 0 aromatic carbocycles. The van der Waals surface area contributed by atoms with Crippen LogP contribution in [0.4, 0.5) is 5.82 Å². The van der Waals surface area contributed by atoms with Crippen molar-refractivity contribution in [2.75, 3.05) is 11.7 Å². The molecule has 5 heteroatoms. The van der Waals surface area contributed by atoms with Crippen LogP contribution in [0, 0.1) is 0 Å². The van der Waals surface area contributed by atoms with E-state index in [0.29, 0.717) is 5.82 Å². The monoisotopic (exact) mass is 212 g/mol. The lowest BCUT2D eigenvalue weighted by Gasteiger charge is -2.17. The zero-order chi connectivity index (χ0) is 10.8. The number of hydrogen-bond acceptors (Lipinski definition) is 5. The second kappa shape index (κ2) is 4.14. The molecule has 0 aliphatic rings. The van der Waals surface area contributed by atoms with E-state index in [-0.39, 0.29) is 5.41 Å². The molecular formula is C9H16N4S. The van der Waals surface area contributed by atoms with Gasteiger partial charge in [0.15, 0.2) is 0 Å². The van der Waals surface area contributed by atoms with Crippen LogP contribution in [-0.4, -0.2) is 16.2 Å². The second-order valence-corrected chi connectivity index (χ2v) is 4.84. The number of nitrogen functional groups attached to an aromatic ring is 1. The predicted molar refractivity (Wildman–Crippen MR) is 60.3 cm³/mol. The Morgan fingerprint density at radius 1 is 1.36 bits per heavy atom. The number of nitrogens with two attached hydrogens (primary N) is 1. The number of nitrogens with zero attached hydrogens (tertiary/aromatic N) is 2. The Morgan fingerprint density at radius 3 is 2.43 bits per heavy atom. The molecule has 4 nitrogen and oxygen atoms in total. The van der Waals surface area contributed by atoms with Crippen LogP contribution in [0.3, 0.4) is 0 Å². The van der Waals surface area contributed by atoms with E-state index in [4.69, 9.17) is 5.84 Å². The molecule has 0 aliphatic heterocycles. The van der Waals surface area contributed by atoms with Crippen LogP contribution in [0.25, 0.3) is 0 Å². The number of rotatable bonds is 2. The Morgan fingerprint density at radius 2 is 2.00 bits per heavy atom. The Bertz CT molecular complexity index is 297. The van der Waals surface area contributed by atoms with Crippen LogP contribution in [0.15, 0.2) is 11.1 Å². The van der Waals surface area contributed by atoms with Gasteiger partial charge in [-0.05, 0) is 6.26 Å². The molecule has 0 fully saturated rings. The molecule has 3 N–H and O–H groups in total. The first-order valence-electron chi connectivity index (χ1n) is 4.37. The smallest absolute Gasteiger partial charge is 0.144 e. The normalized spacial score (nSPS) is 11.5. The van der Waals surface area contributed by atoms with Gasteiger partial charge in [-0.3, -0.25) is 0 Å². The average Bonchev–Trinajstić information content (AvgIpc) is 2.15. The number of thioether (sulfide) groups is 1. The van der Waals surface area contributed by atoms with E-state index in [1.165, 1.54) is 0 Å². The molecule has 0 radical (unpaired) electrons. The van der Waals surface area contributed by atoms with Crippen molar-refractivity contribution in [1.29, 1.82) is 0 Å². The highest BCUT2D eigenvalue weighted by molar-refractivity contribution is 7.98. The summed E-state index contributed by atoms with van der Waals surface area (Å²) in [7, 11) is 0. The van der Waals surface area contributed by atoms with Crippen molar-refractivity contribution >= 4 is 17.6 Å². The number of hydrogen-bond donors (Lipinski definition) is 2. The lowest BCUT2D eigenvalue weighted by atomic mass is 9.96. The van der Waals surface area contributed by atoms with Gasteiger partial charge in [0.25, 0.3) is 0 Å². The van der Waals surface area contributed by atoms with Crippen molar-refractivity contribution in [3.8, 4) is 0 Å². The van der Waals surface area contributed by atoms with E-state index in [1.54, 1.807) is 11.8 Å². The summed E-state index contributed by atoms with van der Waals surface area (Å²) in [6, 6.07) is 1.83. The Balaban J connectivity index is 3.17. The predicted octanol–water partition coefficient (Wildman–Crippen LogP) is 1.78. The van der Waals surface area contributed by atoms with Gasteiger partial charge in [0.1, 0.15) is 16.7 Å². The van der Waals surface area contributed by atoms with Gasteiger partial charge in [0.05, 0.1) is 0 Å². The minimum Gasteiger partial charge on any atom is -0.308 e. The van der Waals surface area contributed by atoms with E-state index in [2.05, 4.69) is 36.2 Å². The fourth-order valence-electron chi connectivity index (χ4n) is 0.939. The molecule has 1 heterocycles. The highest BCUT2D eigenvalue weighted by atomic mass is 32.2. The topological polar surface area (TPSA) is 63.8 Å². The van der Waals surface area contributed by atoms with Crippen LogP contribution < -0.4 is 11.3 Å². The van der Waals surface area contributed by atoms with Crippen molar-refractivity contribution < 1.29 is 0 Å². The Labute approximate surface area is 88.7 Å². The highest BCUT2D eigenvalue weighted by Crippen LogP contribution is 2.23. The Hall–Kier alpha value is -0.810. The molecule has 0 aliphatic carbocycles. The molecule has 1 aromatic rings. The molecule has 1 rings (SSSR count). The molecule has 1 aromatic heterocycles. The summed E-state index contributed by atoms with van der Waals surface area (Å²) in [6.45, 7) is 6.23. The molecule has 0 atom stereocenters. The van der Waals surface area contributed by atoms with Gasteiger partial charge in [0.2, 0.25) is 0 Å². The van der Waals surface area contributed by atoms with E-state index < -0.39 is 0 Å². The second-order valence-electron chi connectivity index (χ2n) is 4.01. The summed E-state index contributed by atoms with van der Waals surface area (Å²) >= 11 is 1.58. The van der Waals surface area contributed by atoms with Crippen molar-refractivity contribution in [2.24, 2.45) is 5.84 Å². The summed E-state index contributed by atoms with van der Waals surface area (Å²) in [6.07, 6.45) is 1.98. The summed E-state index contributed by atoms with van der Waals surface area (Å²) in [5.74, 6) is 6.80. The number of hydrazine groups is 1.